The molecule has 0 aromatic carbocycles. The molecule has 2 aliphatic heterocycles. The van der Waals surface area contributed by atoms with Crippen LogP contribution in [0.5, 0.6) is 0 Å². The van der Waals surface area contributed by atoms with Crippen LogP contribution in [0.15, 0.2) is 25.3 Å². The van der Waals surface area contributed by atoms with E-state index in [0.29, 0.717) is 0 Å². The zero-order chi connectivity index (χ0) is 21.7. The quantitative estimate of drug-likeness (QED) is 0.225. The Morgan fingerprint density at radius 1 is 1.07 bits per heavy atom. The van der Waals surface area contributed by atoms with Crippen molar-refractivity contribution in [3.63, 3.8) is 0 Å². The van der Waals surface area contributed by atoms with E-state index in [-0.39, 0.29) is 6.61 Å². The Morgan fingerprint density at radius 3 is 2.31 bits per heavy atom. The van der Waals surface area contributed by atoms with Crippen LogP contribution in [-0.4, -0.2) is 106 Å². The van der Waals surface area contributed by atoms with Gasteiger partial charge in [-0.1, -0.05) is 12.2 Å². The van der Waals surface area contributed by atoms with Gasteiger partial charge in [0.15, 0.2) is 12.6 Å². The lowest BCUT2D eigenvalue weighted by Gasteiger charge is -2.47. The normalized spacial score (nSPS) is 42.8. The van der Waals surface area contributed by atoms with Gasteiger partial charge >= 0.3 is 0 Å². The van der Waals surface area contributed by atoms with Crippen LogP contribution < -0.4 is 5.32 Å². The van der Waals surface area contributed by atoms with E-state index in [0.717, 1.165) is 0 Å². The Balaban J connectivity index is 2.21. The lowest BCUT2D eigenvalue weighted by molar-refractivity contribution is -0.341. The molecule has 166 valence electrons. The Hall–Kier alpha value is -1.41. The Morgan fingerprint density at radius 2 is 1.76 bits per heavy atom. The summed E-state index contributed by atoms with van der Waals surface area (Å²) in [5.41, 5.74) is 0. The molecule has 0 saturated carbocycles. The molecule has 11 nitrogen and oxygen atoms in total. The zero-order valence-corrected chi connectivity index (χ0v) is 16.0. The number of aliphatic hydroxyl groups is 5. The topological polar surface area (TPSA) is 167 Å². The number of ether oxygens (including phenoxy) is 4. The second-order valence-electron chi connectivity index (χ2n) is 6.84. The fourth-order valence-corrected chi connectivity index (χ4v) is 3.26. The van der Waals surface area contributed by atoms with E-state index in [2.05, 4.69) is 18.5 Å². The Labute approximate surface area is 168 Å². The van der Waals surface area contributed by atoms with Crippen LogP contribution in [0.3, 0.4) is 0 Å². The standard InChI is InChI=1S/C18H29NO10/c1-4-6-26-17-11(19-8(3)21)13(23)16(10(7-20)28-17)29-18-15(25)14(24)12(22)9(5-2)27-18/h4-5,9-18,20,22-25H,1-2,6-7H2,3H3,(H,19,21)/t9-,10-,11-,12+,13-,14+,15-,16-,17+,18+/m1/s1. The van der Waals surface area contributed by atoms with Gasteiger partial charge in [-0.05, 0) is 0 Å². The van der Waals surface area contributed by atoms with Crippen molar-refractivity contribution < 1.29 is 49.3 Å². The van der Waals surface area contributed by atoms with Crippen LogP contribution in [0.25, 0.3) is 0 Å². The summed E-state index contributed by atoms with van der Waals surface area (Å²) in [6.45, 7) is 7.72. The summed E-state index contributed by atoms with van der Waals surface area (Å²) >= 11 is 0. The van der Waals surface area contributed by atoms with Crippen molar-refractivity contribution in [2.75, 3.05) is 13.2 Å². The van der Waals surface area contributed by atoms with Gasteiger partial charge in [-0.2, -0.15) is 0 Å². The lowest BCUT2D eigenvalue weighted by atomic mass is 9.95. The summed E-state index contributed by atoms with van der Waals surface area (Å²) in [4.78, 5) is 11.6. The Kier molecular flexibility index (Phi) is 8.70. The third kappa shape index (κ3) is 5.40. The molecule has 0 bridgehead atoms. The molecule has 1 amide bonds. The average Bonchev–Trinajstić information content (AvgIpc) is 2.69. The van der Waals surface area contributed by atoms with Gasteiger partial charge in [0.25, 0.3) is 0 Å². The molecule has 0 spiro atoms. The minimum atomic E-state index is -1.65. The number of aliphatic hydroxyl groups excluding tert-OH is 5. The van der Waals surface area contributed by atoms with Crippen molar-refractivity contribution in [1.29, 1.82) is 0 Å². The van der Waals surface area contributed by atoms with E-state index in [1.54, 1.807) is 0 Å². The molecule has 2 rings (SSSR count). The largest absolute Gasteiger partial charge is 0.394 e. The van der Waals surface area contributed by atoms with Gasteiger partial charge in [0.05, 0.1) is 13.2 Å². The second-order valence-corrected chi connectivity index (χ2v) is 6.84. The maximum Gasteiger partial charge on any atom is 0.217 e. The van der Waals surface area contributed by atoms with Crippen molar-refractivity contribution in [3.05, 3.63) is 25.3 Å². The van der Waals surface area contributed by atoms with Gasteiger partial charge in [-0.3, -0.25) is 4.79 Å². The first-order valence-corrected chi connectivity index (χ1v) is 9.16. The van der Waals surface area contributed by atoms with E-state index >= 15 is 0 Å². The number of carbonyl (C=O) groups is 1. The molecule has 10 atom stereocenters. The van der Waals surface area contributed by atoms with E-state index < -0.39 is 73.9 Å². The van der Waals surface area contributed by atoms with Crippen LogP contribution >= 0.6 is 0 Å². The fourth-order valence-electron chi connectivity index (χ4n) is 3.26. The zero-order valence-electron chi connectivity index (χ0n) is 16.0. The van der Waals surface area contributed by atoms with Gasteiger partial charge < -0.3 is 49.8 Å². The molecule has 2 aliphatic rings. The molecule has 0 aliphatic carbocycles. The number of carbonyl (C=O) groups excluding carboxylic acids is 1. The molecule has 2 saturated heterocycles. The van der Waals surface area contributed by atoms with Crippen molar-refractivity contribution in [2.45, 2.75) is 68.3 Å². The maximum absolute atomic E-state index is 11.6. The molecule has 0 unspecified atom stereocenters. The van der Waals surface area contributed by atoms with E-state index in [1.807, 2.05) is 0 Å². The monoisotopic (exact) mass is 419 g/mol. The van der Waals surface area contributed by atoms with Crippen molar-refractivity contribution in [1.82, 2.24) is 5.32 Å². The maximum atomic E-state index is 11.6. The molecule has 11 heteroatoms. The molecule has 0 aromatic heterocycles. The highest BCUT2D eigenvalue weighted by Gasteiger charge is 2.50. The van der Waals surface area contributed by atoms with E-state index in [9.17, 15) is 30.3 Å². The van der Waals surface area contributed by atoms with Gasteiger partial charge in [0.2, 0.25) is 5.91 Å². The second kappa shape index (κ2) is 10.6. The van der Waals surface area contributed by atoms with Gasteiger partial charge in [-0.15, -0.1) is 13.2 Å². The first-order chi connectivity index (χ1) is 13.7. The molecular formula is C18H29NO10. The van der Waals surface area contributed by atoms with Crippen LogP contribution in [0.1, 0.15) is 6.92 Å². The number of hydrogen-bond donors (Lipinski definition) is 6. The number of amides is 1. The summed E-state index contributed by atoms with van der Waals surface area (Å²) in [5.74, 6) is -0.467. The molecule has 0 radical (unpaired) electrons. The summed E-state index contributed by atoms with van der Waals surface area (Å²) in [6, 6.07) is -1.06. The SMILES string of the molecule is C=CCO[C@H]1O[C@H](CO)[C@@H](O[C@@H]2O[C@H](C=C)[C@H](O)[C@H](O)[C@H]2O)[C@H](O)[C@H]1NC(C)=O. The molecule has 29 heavy (non-hydrogen) atoms. The highest BCUT2D eigenvalue weighted by Crippen LogP contribution is 2.29. The summed E-state index contributed by atoms with van der Waals surface area (Å²) in [6.07, 6.45) is -9.41. The third-order valence-corrected chi connectivity index (χ3v) is 4.73. The number of nitrogens with one attached hydrogen (secondary N) is 1. The Bertz CT molecular complexity index is 575. The first-order valence-electron chi connectivity index (χ1n) is 9.16. The molecular weight excluding hydrogens is 390 g/mol. The third-order valence-electron chi connectivity index (χ3n) is 4.73. The molecule has 6 N–H and O–H groups in total. The van der Waals surface area contributed by atoms with Crippen LogP contribution in [0, 0.1) is 0 Å². The number of hydrogen-bond acceptors (Lipinski definition) is 10. The predicted octanol–water partition coefficient (Wildman–Crippen LogP) is -2.85. The summed E-state index contributed by atoms with van der Waals surface area (Å²) in [5, 5.41) is 53.1. The lowest BCUT2D eigenvalue weighted by Crippen LogP contribution is -2.67. The smallest absolute Gasteiger partial charge is 0.217 e. The highest BCUT2D eigenvalue weighted by atomic mass is 16.7. The van der Waals surface area contributed by atoms with Crippen LogP contribution in [-0.2, 0) is 23.7 Å². The summed E-state index contributed by atoms with van der Waals surface area (Å²) in [7, 11) is 0. The molecule has 2 heterocycles. The fraction of sp³-hybridized carbons (Fsp3) is 0.722. The van der Waals surface area contributed by atoms with Crippen molar-refractivity contribution in [2.24, 2.45) is 0 Å². The summed E-state index contributed by atoms with van der Waals surface area (Å²) < 4.78 is 22.1. The number of rotatable bonds is 8. The van der Waals surface area contributed by atoms with E-state index in [4.69, 9.17) is 18.9 Å². The minimum absolute atomic E-state index is 0.0622. The van der Waals surface area contributed by atoms with Gasteiger partial charge in [-0.25, -0.2) is 0 Å². The first kappa shape index (κ1) is 23.9. The molecule has 2 fully saturated rings. The van der Waals surface area contributed by atoms with Crippen molar-refractivity contribution in [3.8, 4) is 0 Å². The average molecular weight is 419 g/mol. The van der Waals surface area contributed by atoms with Gasteiger partial charge in [0.1, 0.15) is 48.8 Å². The predicted molar refractivity (Wildman–Crippen MR) is 97.3 cm³/mol. The van der Waals surface area contributed by atoms with E-state index in [1.165, 1.54) is 19.1 Å². The van der Waals surface area contributed by atoms with Crippen molar-refractivity contribution >= 4 is 5.91 Å². The van der Waals surface area contributed by atoms with Gasteiger partial charge in [0, 0.05) is 6.92 Å². The minimum Gasteiger partial charge on any atom is -0.394 e. The molecule has 0 aromatic rings. The van der Waals surface area contributed by atoms with Crippen LogP contribution in [0.4, 0.5) is 0 Å². The highest BCUT2D eigenvalue weighted by molar-refractivity contribution is 5.73. The van der Waals surface area contributed by atoms with Crippen LogP contribution in [0.2, 0.25) is 0 Å².